The molecule has 0 radical (unpaired) electrons. The van der Waals surface area contributed by atoms with Gasteiger partial charge in [-0.2, -0.15) is 0 Å². The van der Waals surface area contributed by atoms with Crippen molar-refractivity contribution >= 4 is 22.2 Å². The molecule has 2 aliphatic rings. The minimum Gasteiger partial charge on any atom is -0.361 e. The Morgan fingerprint density at radius 1 is 1.44 bits per heavy atom. The molecular weight excluding hydrogens is 250 g/mol. The Bertz CT molecular complexity index is 342. The topological polar surface area (TPSA) is 55.4 Å². The molecule has 16 heavy (non-hydrogen) atoms. The van der Waals surface area contributed by atoms with E-state index < -0.39 is 9.84 Å². The Balaban J connectivity index is 0.00000128. The molecule has 2 heterocycles. The summed E-state index contributed by atoms with van der Waals surface area (Å²) in [5.41, 5.74) is 0.0299. The number of rotatable bonds is 2. The van der Waals surface area contributed by atoms with Gasteiger partial charge in [-0.25, -0.2) is 8.42 Å². The molecule has 2 saturated heterocycles. The van der Waals surface area contributed by atoms with Crippen LogP contribution in [0.25, 0.3) is 0 Å². The monoisotopic (exact) mass is 269 g/mol. The first-order valence-electron chi connectivity index (χ1n) is 5.46. The van der Waals surface area contributed by atoms with Crippen molar-refractivity contribution in [1.82, 2.24) is 5.32 Å². The molecule has 0 aromatic carbocycles. The third-order valence-corrected chi connectivity index (χ3v) is 4.91. The minimum atomic E-state index is -2.75. The van der Waals surface area contributed by atoms with Crippen molar-refractivity contribution in [1.29, 1.82) is 0 Å². The lowest BCUT2D eigenvalue weighted by molar-refractivity contribution is 0.0806. The number of hydrogen-bond acceptors (Lipinski definition) is 4. The predicted molar refractivity (Wildman–Crippen MR) is 65.6 cm³/mol. The third-order valence-electron chi connectivity index (χ3n) is 3.07. The van der Waals surface area contributed by atoms with Crippen LogP contribution in [0, 0.1) is 5.92 Å². The number of sulfone groups is 1. The van der Waals surface area contributed by atoms with E-state index in [1.807, 2.05) is 0 Å². The van der Waals surface area contributed by atoms with Crippen molar-refractivity contribution < 1.29 is 13.2 Å². The summed E-state index contributed by atoms with van der Waals surface area (Å²) in [7, 11) is -2.75. The second-order valence-electron chi connectivity index (χ2n) is 5.33. The summed E-state index contributed by atoms with van der Waals surface area (Å²) in [4.78, 5) is 0. The highest BCUT2D eigenvalue weighted by Gasteiger charge is 2.35. The van der Waals surface area contributed by atoms with E-state index in [2.05, 4.69) is 19.2 Å². The van der Waals surface area contributed by atoms with Gasteiger partial charge in [0.15, 0.2) is 9.84 Å². The van der Waals surface area contributed by atoms with Gasteiger partial charge in [0, 0.05) is 5.54 Å². The fourth-order valence-electron chi connectivity index (χ4n) is 2.32. The van der Waals surface area contributed by atoms with Crippen LogP contribution < -0.4 is 5.32 Å². The van der Waals surface area contributed by atoms with Gasteiger partial charge < -0.3 is 4.74 Å². The van der Waals surface area contributed by atoms with Gasteiger partial charge in [0.1, 0.15) is 6.23 Å². The summed E-state index contributed by atoms with van der Waals surface area (Å²) in [6.07, 6.45) is 1.66. The second kappa shape index (κ2) is 4.80. The SMILES string of the molecule is CC1(C)COC(CC2CCS(=O)(=O)C2)N1.Cl. The summed E-state index contributed by atoms with van der Waals surface area (Å²) in [5, 5.41) is 3.37. The van der Waals surface area contributed by atoms with Gasteiger partial charge in [-0.1, -0.05) is 0 Å². The van der Waals surface area contributed by atoms with Gasteiger partial charge in [-0.3, -0.25) is 5.32 Å². The fourth-order valence-corrected chi connectivity index (χ4v) is 4.20. The normalized spacial score (nSPS) is 35.9. The maximum absolute atomic E-state index is 11.3. The van der Waals surface area contributed by atoms with Crippen molar-refractivity contribution in [3.8, 4) is 0 Å². The van der Waals surface area contributed by atoms with E-state index in [1.54, 1.807) is 0 Å². The molecule has 0 spiro atoms. The lowest BCUT2D eigenvalue weighted by Crippen LogP contribution is -2.39. The van der Waals surface area contributed by atoms with Crippen LogP contribution in [-0.2, 0) is 14.6 Å². The largest absolute Gasteiger partial charge is 0.361 e. The highest BCUT2D eigenvalue weighted by Crippen LogP contribution is 2.26. The smallest absolute Gasteiger partial charge is 0.150 e. The van der Waals surface area contributed by atoms with E-state index in [-0.39, 0.29) is 30.1 Å². The summed E-state index contributed by atoms with van der Waals surface area (Å²) >= 11 is 0. The molecule has 2 aliphatic heterocycles. The van der Waals surface area contributed by atoms with Crippen molar-refractivity contribution in [2.75, 3.05) is 18.1 Å². The highest BCUT2D eigenvalue weighted by atomic mass is 35.5. The average molecular weight is 270 g/mol. The van der Waals surface area contributed by atoms with Gasteiger partial charge in [0.2, 0.25) is 0 Å². The van der Waals surface area contributed by atoms with Crippen LogP contribution in [0.1, 0.15) is 26.7 Å². The standard InChI is InChI=1S/C10H19NO3S.ClH/c1-10(2)7-14-9(11-10)5-8-3-4-15(12,13)6-8;/h8-9,11H,3-7H2,1-2H3;1H. The Morgan fingerprint density at radius 2 is 2.12 bits per heavy atom. The molecule has 0 aromatic heterocycles. The maximum atomic E-state index is 11.3. The summed E-state index contributed by atoms with van der Waals surface area (Å²) in [5.74, 6) is 0.976. The number of halogens is 1. The number of ether oxygens (including phenoxy) is 1. The molecule has 0 aliphatic carbocycles. The molecule has 1 N–H and O–H groups in total. The number of nitrogens with one attached hydrogen (secondary N) is 1. The van der Waals surface area contributed by atoms with Crippen molar-refractivity contribution in [3.05, 3.63) is 0 Å². The Kier molecular flexibility index (Phi) is 4.27. The van der Waals surface area contributed by atoms with E-state index in [4.69, 9.17) is 4.74 Å². The van der Waals surface area contributed by atoms with Crippen LogP contribution in [-0.4, -0.2) is 38.3 Å². The second-order valence-corrected chi connectivity index (χ2v) is 7.56. The molecule has 6 heteroatoms. The Hall–Kier alpha value is 0.160. The molecule has 2 fully saturated rings. The van der Waals surface area contributed by atoms with E-state index in [0.717, 1.165) is 12.8 Å². The minimum absolute atomic E-state index is 0. The zero-order valence-electron chi connectivity index (χ0n) is 9.73. The molecule has 4 nitrogen and oxygen atoms in total. The third kappa shape index (κ3) is 3.58. The molecule has 2 unspecified atom stereocenters. The van der Waals surface area contributed by atoms with Gasteiger partial charge in [-0.05, 0) is 32.6 Å². The molecule has 2 rings (SSSR count). The van der Waals surface area contributed by atoms with Crippen molar-refractivity contribution in [2.45, 2.75) is 38.5 Å². The zero-order valence-corrected chi connectivity index (χ0v) is 11.4. The average Bonchev–Trinajstić information content (AvgIpc) is 2.56. The lowest BCUT2D eigenvalue weighted by atomic mass is 10.0. The van der Waals surface area contributed by atoms with Crippen LogP contribution >= 0.6 is 12.4 Å². The van der Waals surface area contributed by atoms with E-state index in [0.29, 0.717) is 18.1 Å². The predicted octanol–water partition coefficient (Wildman–Crippen LogP) is 0.958. The van der Waals surface area contributed by atoms with Gasteiger partial charge in [-0.15, -0.1) is 12.4 Å². The molecular formula is C10H20ClNO3S. The van der Waals surface area contributed by atoms with Crippen molar-refractivity contribution in [2.24, 2.45) is 5.92 Å². The van der Waals surface area contributed by atoms with Crippen LogP contribution in [0.15, 0.2) is 0 Å². The molecule has 0 aromatic rings. The summed E-state index contributed by atoms with van der Waals surface area (Å²) in [6.45, 7) is 4.90. The van der Waals surface area contributed by atoms with Crippen LogP contribution in [0.5, 0.6) is 0 Å². The Morgan fingerprint density at radius 3 is 2.56 bits per heavy atom. The van der Waals surface area contributed by atoms with Crippen LogP contribution in [0.4, 0.5) is 0 Å². The van der Waals surface area contributed by atoms with E-state index >= 15 is 0 Å². The summed E-state index contributed by atoms with van der Waals surface area (Å²) < 4.78 is 28.2. The van der Waals surface area contributed by atoms with E-state index in [1.165, 1.54) is 0 Å². The first-order chi connectivity index (χ1) is 6.86. The molecule has 0 amide bonds. The molecule has 2 atom stereocenters. The first-order valence-corrected chi connectivity index (χ1v) is 7.28. The van der Waals surface area contributed by atoms with Gasteiger partial charge in [0.05, 0.1) is 18.1 Å². The molecule has 0 bridgehead atoms. The summed E-state index contributed by atoms with van der Waals surface area (Å²) in [6, 6.07) is 0. The van der Waals surface area contributed by atoms with Crippen LogP contribution in [0.3, 0.4) is 0 Å². The van der Waals surface area contributed by atoms with Crippen molar-refractivity contribution in [3.63, 3.8) is 0 Å². The maximum Gasteiger partial charge on any atom is 0.150 e. The number of hydrogen-bond donors (Lipinski definition) is 1. The Labute approximate surface area is 103 Å². The fraction of sp³-hybridized carbons (Fsp3) is 1.00. The van der Waals surface area contributed by atoms with Gasteiger partial charge >= 0.3 is 0 Å². The zero-order chi connectivity index (χ0) is 11.1. The van der Waals surface area contributed by atoms with Gasteiger partial charge in [0.25, 0.3) is 0 Å². The van der Waals surface area contributed by atoms with Crippen LogP contribution in [0.2, 0.25) is 0 Å². The quantitative estimate of drug-likeness (QED) is 0.811. The highest BCUT2D eigenvalue weighted by molar-refractivity contribution is 7.91. The molecule has 0 saturated carbocycles. The van der Waals surface area contributed by atoms with E-state index in [9.17, 15) is 8.42 Å². The molecule has 96 valence electrons. The first kappa shape index (κ1) is 14.2. The lowest BCUT2D eigenvalue weighted by Gasteiger charge is -2.18.